The fraction of sp³-hybridized carbons (Fsp3) is 0.333. The molecule has 1 rings (SSSR count). The molecule has 72 valence electrons. The molecule has 0 fully saturated rings. The SMILES string of the molecule is NC(CO)Cc1cc(F)ccc1O. The van der Waals surface area contributed by atoms with Gasteiger partial charge in [0.15, 0.2) is 0 Å². The Morgan fingerprint density at radius 1 is 1.46 bits per heavy atom. The van der Waals surface area contributed by atoms with E-state index >= 15 is 0 Å². The predicted molar refractivity (Wildman–Crippen MR) is 46.8 cm³/mol. The number of nitrogens with two attached hydrogens (primary N) is 1. The standard InChI is InChI=1S/C9H12FNO2/c10-7-1-2-9(13)6(3-7)4-8(11)5-12/h1-3,8,12-13H,4-5,11H2. The maximum Gasteiger partial charge on any atom is 0.123 e. The topological polar surface area (TPSA) is 66.5 Å². The van der Waals surface area contributed by atoms with Gasteiger partial charge in [-0.05, 0) is 30.2 Å². The zero-order valence-electron chi connectivity index (χ0n) is 7.07. The van der Waals surface area contributed by atoms with Gasteiger partial charge in [0.1, 0.15) is 11.6 Å². The van der Waals surface area contributed by atoms with Gasteiger partial charge in [-0.25, -0.2) is 4.39 Å². The number of aliphatic hydroxyl groups is 1. The van der Waals surface area contributed by atoms with Gasteiger partial charge in [-0.1, -0.05) is 0 Å². The maximum absolute atomic E-state index is 12.7. The van der Waals surface area contributed by atoms with Gasteiger partial charge < -0.3 is 15.9 Å². The third-order valence-electron chi connectivity index (χ3n) is 1.76. The lowest BCUT2D eigenvalue weighted by molar-refractivity contribution is 0.264. The first kappa shape index (κ1) is 9.95. The summed E-state index contributed by atoms with van der Waals surface area (Å²) in [5.41, 5.74) is 5.86. The van der Waals surface area contributed by atoms with Crippen molar-refractivity contribution in [1.29, 1.82) is 0 Å². The van der Waals surface area contributed by atoms with E-state index in [9.17, 15) is 9.50 Å². The van der Waals surface area contributed by atoms with Crippen LogP contribution in [0.15, 0.2) is 18.2 Å². The molecule has 13 heavy (non-hydrogen) atoms. The van der Waals surface area contributed by atoms with Crippen LogP contribution in [0.5, 0.6) is 5.75 Å². The monoisotopic (exact) mass is 185 g/mol. The highest BCUT2D eigenvalue weighted by atomic mass is 19.1. The molecule has 0 bridgehead atoms. The number of benzene rings is 1. The van der Waals surface area contributed by atoms with Gasteiger partial charge in [0, 0.05) is 6.04 Å². The molecule has 1 atom stereocenters. The summed E-state index contributed by atoms with van der Waals surface area (Å²) in [4.78, 5) is 0. The Labute approximate surface area is 75.6 Å². The zero-order valence-corrected chi connectivity index (χ0v) is 7.07. The summed E-state index contributed by atoms with van der Waals surface area (Å²) < 4.78 is 12.7. The van der Waals surface area contributed by atoms with E-state index in [0.717, 1.165) is 0 Å². The third-order valence-corrected chi connectivity index (χ3v) is 1.76. The molecule has 0 amide bonds. The Hall–Kier alpha value is -1.13. The molecule has 0 saturated carbocycles. The number of phenols is 1. The fourth-order valence-electron chi connectivity index (χ4n) is 1.06. The van der Waals surface area contributed by atoms with E-state index < -0.39 is 11.9 Å². The number of aromatic hydroxyl groups is 1. The first-order valence-electron chi connectivity index (χ1n) is 3.97. The highest BCUT2D eigenvalue weighted by Crippen LogP contribution is 2.18. The quantitative estimate of drug-likeness (QED) is 0.638. The molecule has 0 radical (unpaired) electrons. The summed E-state index contributed by atoms with van der Waals surface area (Å²) >= 11 is 0. The van der Waals surface area contributed by atoms with Crippen LogP contribution < -0.4 is 5.73 Å². The first-order valence-corrected chi connectivity index (χ1v) is 3.97. The summed E-state index contributed by atoms with van der Waals surface area (Å²) in [6, 6.07) is 3.19. The van der Waals surface area contributed by atoms with Gasteiger partial charge in [0.2, 0.25) is 0 Å². The highest BCUT2D eigenvalue weighted by molar-refractivity contribution is 5.33. The number of rotatable bonds is 3. The van der Waals surface area contributed by atoms with Gasteiger partial charge in [-0.3, -0.25) is 0 Å². The van der Waals surface area contributed by atoms with Crippen LogP contribution in [0.1, 0.15) is 5.56 Å². The predicted octanol–water partition coefficient (Wildman–Crippen LogP) is 0.393. The van der Waals surface area contributed by atoms with Crippen LogP contribution in [-0.4, -0.2) is 22.9 Å². The third kappa shape index (κ3) is 2.68. The Balaban J connectivity index is 2.81. The summed E-state index contributed by atoms with van der Waals surface area (Å²) in [6.07, 6.45) is 0.264. The average molecular weight is 185 g/mol. The van der Waals surface area contributed by atoms with E-state index in [2.05, 4.69) is 0 Å². The van der Waals surface area contributed by atoms with Crippen molar-refractivity contribution in [2.75, 3.05) is 6.61 Å². The second-order valence-corrected chi connectivity index (χ2v) is 2.92. The van der Waals surface area contributed by atoms with E-state index in [1.807, 2.05) is 0 Å². The van der Waals surface area contributed by atoms with Crippen LogP contribution in [0.2, 0.25) is 0 Å². The lowest BCUT2D eigenvalue weighted by atomic mass is 10.1. The normalized spacial score (nSPS) is 12.8. The number of halogens is 1. The van der Waals surface area contributed by atoms with E-state index in [1.165, 1.54) is 18.2 Å². The molecule has 0 saturated heterocycles. The molecule has 4 heteroatoms. The molecule has 0 aromatic heterocycles. The molecule has 0 spiro atoms. The van der Waals surface area contributed by atoms with Crippen molar-refractivity contribution in [2.24, 2.45) is 5.73 Å². The number of hydrogen-bond acceptors (Lipinski definition) is 3. The smallest absolute Gasteiger partial charge is 0.123 e. The van der Waals surface area contributed by atoms with Crippen LogP contribution in [0, 0.1) is 5.82 Å². The number of aliphatic hydroxyl groups excluding tert-OH is 1. The van der Waals surface area contributed by atoms with Crippen molar-refractivity contribution < 1.29 is 14.6 Å². The maximum atomic E-state index is 12.7. The van der Waals surface area contributed by atoms with Gasteiger partial charge in [-0.2, -0.15) is 0 Å². The Morgan fingerprint density at radius 2 is 2.15 bits per heavy atom. The molecule has 1 aromatic rings. The number of hydrogen-bond donors (Lipinski definition) is 3. The van der Waals surface area contributed by atoms with Crippen LogP contribution in [-0.2, 0) is 6.42 Å². The second kappa shape index (κ2) is 4.20. The minimum Gasteiger partial charge on any atom is -0.508 e. The summed E-state index contributed by atoms with van der Waals surface area (Å²) in [5.74, 6) is -0.414. The van der Waals surface area contributed by atoms with Crippen LogP contribution in [0.4, 0.5) is 4.39 Å². The van der Waals surface area contributed by atoms with Gasteiger partial charge in [-0.15, -0.1) is 0 Å². The van der Waals surface area contributed by atoms with Crippen molar-refractivity contribution in [2.45, 2.75) is 12.5 Å². The Bertz CT molecular complexity index is 291. The van der Waals surface area contributed by atoms with E-state index in [1.54, 1.807) is 0 Å². The van der Waals surface area contributed by atoms with E-state index in [4.69, 9.17) is 10.8 Å². The molecule has 3 nitrogen and oxygen atoms in total. The largest absolute Gasteiger partial charge is 0.508 e. The Morgan fingerprint density at radius 3 is 2.77 bits per heavy atom. The molecule has 0 aliphatic rings. The van der Waals surface area contributed by atoms with Gasteiger partial charge in [0.05, 0.1) is 6.61 Å². The summed E-state index contributed by atoms with van der Waals surface area (Å²) in [6.45, 7) is -0.185. The van der Waals surface area contributed by atoms with Crippen LogP contribution in [0.3, 0.4) is 0 Å². The lowest BCUT2D eigenvalue weighted by Gasteiger charge is -2.09. The lowest BCUT2D eigenvalue weighted by Crippen LogP contribution is -2.26. The molecular weight excluding hydrogens is 173 g/mol. The molecular formula is C9H12FNO2. The minimum absolute atomic E-state index is 0.00491. The molecule has 4 N–H and O–H groups in total. The van der Waals surface area contributed by atoms with E-state index in [0.29, 0.717) is 5.56 Å². The van der Waals surface area contributed by atoms with Crippen LogP contribution >= 0.6 is 0 Å². The summed E-state index contributed by atoms with van der Waals surface area (Å²) in [5, 5.41) is 17.9. The highest BCUT2D eigenvalue weighted by Gasteiger charge is 2.07. The van der Waals surface area contributed by atoms with Gasteiger partial charge in [0.25, 0.3) is 0 Å². The van der Waals surface area contributed by atoms with Crippen molar-refractivity contribution in [3.8, 4) is 5.75 Å². The molecule has 1 aromatic carbocycles. The first-order chi connectivity index (χ1) is 6.13. The zero-order chi connectivity index (χ0) is 9.84. The molecule has 0 aliphatic heterocycles. The molecule has 0 aliphatic carbocycles. The number of phenolic OH excluding ortho intramolecular Hbond substituents is 1. The average Bonchev–Trinajstić information content (AvgIpc) is 2.11. The Kier molecular flexibility index (Phi) is 3.22. The molecule has 0 heterocycles. The van der Waals surface area contributed by atoms with Crippen molar-refractivity contribution in [1.82, 2.24) is 0 Å². The van der Waals surface area contributed by atoms with Crippen LogP contribution in [0.25, 0.3) is 0 Å². The second-order valence-electron chi connectivity index (χ2n) is 2.92. The van der Waals surface area contributed by atoms with Crippen molar-refractivity contribution in [3.63, 3.8) is 0 Å². The fourth-order valence-corrected chi connectivity index (χ4v) is 1.06. The minimum atomic E-state index is -0.465. The summed E-state index contributed by atoms with van der Waals surface area (Å²) in [7, 11) is 0. The van der Waals surface area contributed by atoms with Crippen molar-refractivity contribution in [3.05, 3.63) is 29.6 Å². The molecule has 1 unspecified atom stereocenters. The van der Waals surface area contributed by atoms with Crippen molar-refractivity contribution >= 4 is 0 Å². The van der Waals surface area contributed by atoms with Gasteiger partial charge >= 0.3 is 0 Å². The van der Waals surface area contributed by atoms with E-state index in [-0.39, 0.29) is 18.8 Å².